The van der Waals surface area contributed by atoms with Gasteiger partial charge in [-0.15, -0.1) is 0 Å². The highest BCUT2D eigenvalue weighted by Crippen LogP contribution is 2.28. The summed E-state index contributed by atoms with van der Waals surface area (Å²) in [4.78, 5) is 30.7. The predicted molar refractivity (Wildman–Crippen MR) is 102 cm³/mol. The third-order valence-corrected chi connectivity index (χ3v) is 5.40. The average molecular weight is 401 g/mol. The first-order valence-electron chi connectivity index (χ1n) is 9.94. The van der Waals surface area contributed by atoms with Crippen molar-refractivity contribution in [3.05, 3.63) is 36.0 Å². The van der Waals surface area contributed by atoms with E-state index in [1.165, 1.54) is 12.1 Å². The number of piperidine rings is 1. The predicted octanol–water partition coefficient (Wildman–Crippen LogP) is 2.43. The van der Waals surface area contributed by atoms with Crippen molar-refractivity contribution in [2.24, 2.45) is 0 Å². The molecule has 2 fully saturated rings. The summed E-state index contributed by atoms with van der Waals surface area (Å²) in [6, 6.07) is 5.36. The Morgan fingerprint density at radius 1 is 1.31 bits per heavy atom. The number of carbonyl (C=O) groups is 2. The number of halogens is 1. The molecule has 1 aromatic heterocycles. The van der Waals surface area contributed by atoms with Gasteiger partial charge in [0, 0.05) is 18.2 Å². The Balaban J connectivity index is 1.37. The molecule has 2 heterocycles. The van der Waals surface area contributed by atoms with Gasteiger partial charge in [0.15, 0.2) is 0 Å². The number of nitrogens with zero attached hydrogens (tertiary/aromatic N) is 3. The topological polar surface area (TPSA) is 100 Å². The van der Waals surface area contributed by atoms with E-state index in [4.69, 9.17) is 4.52 Å². The highest BCUT2D eigenvalue weighted by Gasteiger charge is 2.32. The lowest BCUT2D eigenvalue weighted by Gasteiger charge is -2.34. The van der Waals surface area contributed by atoms with Crippen LogP contribution in [0.1, 0.15) is 44.4 Å². The molecule has 1 aliphatic carbocycles. The molecule has 1 aliphatic heterocycles. The summed E-state index contributed by atoms with van der Waals surface area (Å²) in [6.45, 7) is 3.11. The molecule has 2 unspecified atom stereocenters. The Kier molecular flexibility index (Phi) is 5.57. The minimum absolute atomic E-state index is 0.0194. The molecule has 8 nitrogen and oxygen atoms in total. The quantitative estimate of drug-likeness (QED) is 0.798. The van der Waals surface area contributed by atoms with Crippen LogP contribution < -0.4 is 10.6 Å². The molecular formula is C20H24FN5O3. The highest BCUT2D eigenvalue weighted by atomic mass is 19.1. The van der Waals surface area contributed by atoms with E-state index >= 15 is 0 Å². The first-order chi connectivity index (χ1) is 14.0. The van der Waals surface area contributed by atoms with Crippen LogP contribution >= 0.6 is 0 Å². The smallest absolute Gasteiger partial charge is 0.321 e. The lowest BCUT2D eigenvalue weighted by molar-refractivity contribution is -0.125. The number of amides is 3. The Labute approximate surface area is 167 Å². The molecule has 2 atom stereocenters. The molecule has 2 aliphatic rings. The molecule has 1 saturated heterocycles. The average Bonchev–Trinajstić information content (AvgIpc) is 3.38. The van der Waals surface area contributed by atoms with E-state index in [-0.39, 0.29) is 23.7 Å². The van der Waals surface area contributed by atoms with Crippen molar-refractivity contribution in [1.82, 2.24) is 25.7 Å². The maximum atomic E-state index is 13.4. The van der Waals surface area contributed by atoms with Crippen LogP contribution in [0, 0.1) is 5.82 Å². The van der Waals surface area contributed by atoms with Gasteiger partial charge in [-0.25, -0.2) is 9.18 Å². The van der Waals surface area contributed by atoms with Crippen LogP contribution in [0.3, 0.4) is 0 Å². The number of nitrogens with one attached hydrogen (secondary N) is 2. The van der Waals surface area contributed by atoms with Gasteiger partial charge in [0.2, 0.25) is 17.6 Å². The van der Waals surface area contributed by atoms with E-state index in [1.54, 1.807) is 19.1 Å². The van der Waals surface area contributed by atoms with Crippen molar-refractivity contribution >= 4 is 11.9 Å². The van der Waals surface area contributed by atoms with Gasteiger partial charge in [-0.3, -0.25) is 15.0 Å². The zero-order valence-corrected chi connectivity index (χ0v) is 16.2. The second-order valence-corrected chi connectivity index (χ2v) is 7.71. The van der Waals surface area contributed by atoms with E-state index < -0.39 is 12.1 Å². The molecular weight excluding hydrogens is 377 g/mol. The van der Waals surface area contributed by atoms with E-state index in [9.17, 15) is 14.0 Å². The summed E-state index contributed by atoms with van der Waals surface area (Å²) in [5.74, 6) is 0.124. The summed E-state index contributed by atoms with van der Waals surface area (Å²) in [5.41, 5.74) is 0.557. The number of urea groups is 1. The van der Waals surface area contributed by atoms with E-state index in [2.05, 4.69) is 20.8 Å². The van der Waals surface area contributed by atoms with Gasteiger partial charge in [-0.1, -0.05) is 17.3 Å². The molecule has 9 heteroatoms. The van der Waals surface area contributed by atoms with E-state index in [0.717, 1.165) is 32.2 Å². The number of likely N-dealkylation sites (tertiary alicyclic amines) is 1. The third kappa shape index (κ3) is 4.79. The van der Waals surface area contributed by atoms with E-state index in [1.807, 2.05) is 4.90 Å². The second kappa shape index (κ2) is 8.28. The van der Waals surface area contributed by atoms with Crippen LogP contribution in [0.15, 0.2) is 28.8 Å². The molecule has 2 aromatic rings. The molecule has 29 heavy (non-hydrogen) atoms. The van der Waals surface area contributed by atoms with E-state index in [0.29, 0.717) is 23.8 Å². The van der Waals surface area contributed by atoms with Crippen molar-refractivity contribution in [3.8, 4) is 11.4 Å². The zero-order chi connectivity index (χ0) is 20.4. The SMILES string of the molecule is CC(C(=O)NC(=O)NC1CC1)N1CCCC(c2nc(-c3cccc(F)c3)no2)C1. The fraction of sp³-hybridized carbons (Fsp3) is 0.500. The standard InChI is InChI=1S/C20H24FN5O3/c1-12(18(27)24-20(28)22-16-7-8-16)26-9-3-5-14(11-26)19-23-17(25-29-19)13-4-2-6-15(21)10-13/h2,4,6,10,12,14,16H,3,5,7-9,11H2,1H3,(H2,22,24,27,28). The molecule has 3 amide bonds. The van der Waals surface area contributed by atoms with Crippen LogP contribution in [-0.4, -0.2) is 52.2 Å². The molecule has 2 N–H and O–H groups in total. The van der Waals surface area contributed by atoms with Gasteiger partial charge in [-0.05, 0) is 51.3 Å². The summed E-state index contributed by atoms with van der Waals surface area (Å²) < 4.78 is 18.9. The first kappa shape index (κ1) is 19.5. The van der Waals surface area contributed by atoms with Gasteiger partial charge in [0.1, 0.15) is 5.82 Å². The lowest BCUT2D eigenvalue weighted by Crippen LogP contribution is -2.52. The number of benzene rings is 1. The minimum atomic E-state index is -0.451. The van der Waals surface area contributed by atoms with Crippen molar-refractivity contribution in [3.63, 3.8) is 0 Å². The van der Waals surface area contributed by atoms with Gasteiger partial charge >= 0.3 is 6.03 Å². The molecule has 154 valence electrons. The number of hydrogen-bond donors (Lipinski definition) is 2. The Bertz CT molecular complexity index is 898. The van der Waals surface area contributed by atoms with Gasteiger partial charge < -0.3 is 9.84 Å². The Morgan fingerprint density at radius 2 is 2.14 bits per heavy atom. The maximum absolute atomic E-state index is 13.4. The summed E-state index contributed by atoms with van der Waals surface area (Å²) in [5, 5.41) is 9.14. The van der Waals surface area contributed by atoms with Gasteiger partial charge in [-0.2, -0.15) is 4.98 Å². The molecule has 0 spiro atoms. The summed E-state index contributed by atoms with van der Waals surface area (Å²) in [6.07, 6.45) is 3.66. The molecule has 1 aromatic carbocycles. The fourth-order valence-electron chi connectivity index (χ4n) is 3.54. The Morgan fingerprint density at radius 3 is 2.90 bits per heavy atom. The molecule has 4 rings (SSSR count). The summed E-state index contributed by atoms with van der Waals surface area (Å²) >= 11 is 0. The van der Waals surface area contributed by atoms with Crippen LogP contribution in [0.2, 0.25) is 0 Å². The molecule has 0 bridgehead atoms. The maximum Gasteiger partial charge on any atom is 0.321 e. The van der Waals surface area contributed by atoms with Crippen LogP contribution in [-0.2, 0) is 4.79 Å². The van der Waals surface area contributed by atoms with Gasteiger partial charge in [0.05, 0.1) is 12.0 Å². The normalized spacial score (nSPS) is 20.8. The number of carbonyl (C=O) groups excluding carboxylic acids is 2. The van der Waals surface area contributed by atoms with Crippen LogP contribution in [0.4, 0.5) is 9.18 Å². The number of imide groups is 1. The van der Waals surface area contributed by atoms with Crippen LogP contribution in [0.5, 0.6) is 0 Å². The number of hydrogen-bond acceptors (Lipinski definition) is 6. The number of aromatic nitrogens is 2. The lowest BCUT2D eigenvalue weighted by atomic mass is 9.96. The molecule has 0 radical (unpaired) electrons. The van der Waals surface area contributed by atoms with Crippen molar-refractivity contribution in [2.45, 2.75) is 50.6 Å². The largest absolute Gasteiger partial charge is 0.339 e. The highest BCUT2D eigenvalue weighted by molar-refractivity contribution is 5.97. The fourth-order valence-corrected chi connectivity index (χ4v) is 3.54. The van der Waals surface area contributed by atoms with Crippen molar-refractivity contribution < 1.29 is 18.5 Å². The minimum Gasteiger partial charge on any atom is -0.339 e. The summed E-state index contributed by atoms with van der Waals surface area (Å²) in [7, 11) is 0. The van der Waals surface area contributed by atoms with Crippen molar-refractivity contribution in [1.29, 1.82) is 0 Å². The number of rotatable bonds is 5. The van der Waals surface area contributed by atoms with Gasteiger partial charge in [0.25, 0.3) is 0 Å². The van der Waals surface area contributed by atoms with Crippen molar-refractivity contribution in [2.75, 3.05) is 13.1 Å². The Hall–Kier alpha value is -2.81. The second-order valence-electron chi connectivity index (χ2n) is 7.71. The zero-order valence-electron chi connectivity index (χ0n) is 16.2. The van der Waals surface area contributed by atoms with Crippen LogP contribution in [0.25, 0.3) is 11.4 Å². The molecule has 1 saturated carbocycles. The monoisotopic (exact) mass is 401 g/mol. The first-order valence-corrected chi connectivity index (χ1v) is 9.94. The third-order valence-electron chi connectivity index (χ3n) is 5.40.